The Balaban J connectivity index is 1.44. The van der Waals surface area contributed by atoms with Crippen molar-refractivity contribution >= 4 is 17.5 Å². The van der Waals surface area contributed by atoms with E-state index in [2.05, 4.69) is 60.6 Å². The first-order valence-electron chi connectivity index (χ1n) is 10.3. The smallest absolute Gasteiger partial charge is 0.239 e. The predicted octanol–water partition coefficient (Wildman–Crippen LogP) is 3.17. The summed E-state index contributed by atoms with van der Waals surface area (Å²) in [6, 6.07) is 16.6. The molecule has 1 fully saturated rings. The Kier molecular flexibility index (Phi) is 6.57. The van der Waals surface area contributed by atoms with Crippen LogP contribution in [0.3, 0.4) is 0 Å². The zero-order chi connectivity index (χ0) is 20.9. The van der Waals surface area contributed by atoms with Gasteiger partial charge in [-0.05, 0) is 40.7 Å². The third-order valence-corrected chi connectivity index (χ3v) is 5.29. The lowest BCUT2D eigenvalue weighted by atomic mass is 9.86. The van der Waals surface area contributed by atoms with E-state index in [1.165, 1.54) is 11.1 Å². The molecule has 0 spiro atoms. The third kappa shape index (κ3) is 6.08. The molecule has 0 aromatic heterocycles. The fourth-order valence-electron chi connectivity index (χ4n) is 3.40. The molecular weight excluding hydrogens is 362 g/mol. The van der Waals surface area contributed by atoms with Crippen molar-refractivity contribution in [2.75, 3.05) is 24.5 Å². The van der Waals surface area contributed by atoms with E-state index in [4.69, 9.17) is 0 Å². The number of carbonyl (C=O) groups excluding carboxylic acids is 2. The molecule has 0 bridgehead atoms. The number of carbonyl (C=O) groups is 2. The lowest BCUT2D eigenvalue weighted by molar-refractivity contribution is -0.121. The number of amides is 2. The Bertz CT molecular complexity index is 836. The van der Waals surface area contributed by atoms with Crippen molar-refractivity contribution in [2.45, 2.75) is 45.6 Å². The summed E-state index contributed by atoms with van der Waals surface area (Å²) in [5.74, 6) is 0.113. The van der Waals surface area contributed by atoms with Gasteiger partial charge in [-0.1, -0.05) is 57.2 Å². The minimum atomic E-state index is 0.0561. The number of hydrogen-bond donors (Lipinski definition) is 2. The number of hydrogen-bond acceptors (Lipinski definition) is 3. The Morgan fingerprint density at radius 2 is 1.69 bits per heavy atom. The highest BCUT2D eigenvalue weighted by Gasteiger charge is 2.16. The third-order valence-electron chi connectivity index (χ3n) is 5.29. The van der Waals surface area contributed by atoms with E-state index in [0.29, 0.717) is 26.1 Å². The topological polar surface area (TPSA) is 61.4 Å². The quantitative estimate of drug-likeness (QED) is 0.792. The molecule has 2 aromatic carbocycles. The van der Waals surface area contributed by atoms with Crippen molar-refractivity contribution in [3.8, 4) is 0 Å². The van der Waals surface area contributed by atoms with Gasteiger partial charge in [0.2, 0.25) is 11.8 Å². The first kappa shape index (κ1) is 20.9. The second kappa shape index (κ2) is 9.12. The van der Waals surface area contributed by atoms with Crippen LogP contribution in [-0.2, 0) is 28.0 Å². The number of aryl methyl sites for hydroxylation is 1. The summed E-state index contributed by atoms with van der Waals surface area (Å²) < 4.78 is 0. The number of benzene rings is 2. The maximum absolute atomic E-state index is 12.2. The molecule has 5 heteroatoms. The highest BCUT2D eigenvalue weighted by molar-refractivity contribution is 5.82. The molecule has 1 saturated heterocycles. The number of nitrogens with one attached hydrogen (secondary N) is 2. The van der Waals surface area contributed by atoms with Crippen molar-refractivity contribution in [1.29, 1.82) is 0 Å². The molecule has 0 saturated carbocycles. The zero-order valence-electron chi connectivity index (χ0n) is 17.6. The standard InChI is InChI=1S/C24H31N3O2/c1-24(2,3)20-9-4-18(5-10-20)8-13-22(28)26-16-19-6-11-21(12-7-19)27-15-14-25-23(29)17-27/h4-7,9-12H,8,13-17H2,1-3H3,(H,25,29)(H,26,28). The molecule has 0 unspecified atom stereocenters. The van der Waals surface area contributed by atoms with Gasteiger partial charge in [0.05, 0.1) is 6.54 Å². The lowest BCUT2D eigenvalue weighted by Gasteiger charge is -2.28. The van der Waals surface area contributed by atoms with Gasteiger partial charge in [0, 0.05) is 31.7 Å². The van der Waals surface area contributed by atoms with Crippen LogP contribution >= 0.6 is 0 Å². The summed E-state index contributed by atoms with van der Waals surface area (Å²) in [4.78, 5) is 25.8. The Hall–Kier alpha value is -2.82. The van der Waals surface area contributed by atoms with Crippen LogP contribution in [0.15, 0.2) is 48.5 Å². The molecule has 3 rings (SSSR count). The van der Waals surface area contributed by atoms with E-state index in [0.717, 1.165) is 24.2 Å². The summed E-state index contributed by atoms with van der Waals surface area (Å²) in [6.07, 6.45) is 1.22. The second-order valence-corrected chi connectivity index (χ2v) is 8.66. The zero-order valence-corrected chi connectivity index (χ0v) is 17.6. The van der Waals surface area contributed by atoms with E-state index in [1.807, 2.05) is 24.3 Å². The van der Waals surface area contributed by atoms with Crippen LogP contribution in [0.2, 0.25) is 0 Å². The minimum absolute atomic E-state index is 0.0561. The van der Waals surface area contributed by atoms with Gasteiger partial charge >= 0.3 is 0 Å². The van der Waals surface area contributed by atoms with Crippen LogP contribution < -0.4 is 15.5 Å². The van der Waals surface area contributed by atoms with E-state index in [9.17, 15) is 9.59 Å². The molecule has 154 valence electrons. The van der Waals surface area contributed by atoms with Crippen molar-refractivity contribution in [3.63, 3.8) is 0 Å². The van der Waals surface area contributed by atoms with E-state index < -0.39 is 0 Å². The van der Waals surface area contributed by atoms with E-state index in [-0.39, 0.29) is 17.2 Å². The molecule has 1 aliphatic heterocycles. The Morgan fingerprint density at radius 1 is 1.03 bits per heavy atom. The van der Waals surface area contributed by atoms with Gasteiger partial charge in [0.15, 0.2) is 0 Å². The maximum atomic E-state index is 12.2. The lowest BCUT2D eigenvalue weighted by Crippen LogP contribution is -2.47. The monoisotopic (exact) mass is 393 g/mol. The van der Waals surface area contributed by atoms with Crippen molar-refractivity contribution in [2.24, 2.45) is 0 Å². The molecule has 0 atom stereocenters. The molecular formula is C24H31N3O2. The van der Waals surface area contributed by atoms with Gasteiger partial charge < -0.3 is 15.5 Å². The molecule has 2 N–H and O–H groups in total. The number of anilines is 1. The molecule has 1 heterocycles. The van der Waals surface area contributed by atoms with Gasteiger partial charge in [-0.25, -0.2) is 0 Å². The van der Waals surface area contributed by atoms with Gasteiger partial charge in [-0.15, -0.1) is 0 Å². The van der Waals surface area contributed by atoms with E-state index >= 15 is 0 Å². The predicted molar refractivity (Wildman–Crippen MR) is 117 cm³/mol. The summed E-state index contributed by atoms with van der Waals surface area (Å²) in [5, 5.41) is 5.82. The summed E-state index contributed by atoms with van der Waals surface area (Å²) in [6.45, 7) is 9.01. The SMILES string of the molecule is CC(C)(C)c1ccc(CCC(=O)NCc2ccc(N3CCNC(=O)C3)cc2)cc1. The maximum Gasteiger partial charge on any atom is 0.239 e. The normalized spacial score (nSPS) is 14.4. The van der Waals surface area contributed by atoms with E-state index in [1.54, 1.807) is 0 Å². The Labute approximate surface area is 173 Å². The molecule has 2 aromatic rings. The minimum Gasteiger partial charge on any atom is -0.360 e. The van der Waals surface area contributed by atoms with Gasteiger partial charge in [-0.3, -0.25) is 9.59 Å². The summed E-state index contributed by atoms with van der Waals surface area (Å²) in [5.41, 5.74) is 4.72. The molecule has 2 amide bonds. The van der Waals surface area contributed by atoms with Crippen molar-refractivity contribution in [3.05, 3.63) is 65.2 Å². The Morgan fingerprint density at radius 3 is 2.31 bits per heavy atom. The fourth-order valence-corrected chi connectivity index (χ4v) is 3.40. The molecule has 29 heavy (non-hydrogen) atoms. The average Bonchev–Trinajstić information content (AvgIpc) is 2.71. The summed E-state index contributed by atoms with van der Waals surface area (Å²) >= 11 is 0. The second-order valence-electron chi connectivity index (χ2n) is 8.66. The largest absolute Gasteiger partial charge is 0.360 e. The molecule has 1 aliphatic rings. The van der Waals surface area contributed by atoms with Gasteiger partial charge in [0.25, 0.3) is 0 Å². The van der Waals surface area contributed by atoms with Gasteiger partial charge in [0.1, 0.15) is 0 Å². The first-order valence-corrected chi connectivity index (χ1v) is 10.3. The highest BCUT2D eigenvalue weighted by atomic mass is 16.2. The average molecular weight is 394 g/mol. The van der Waals surface area contributed by atoms with Crippen LogP contribution in [0.25, 0.3) is 0 Å². The van der Waals surface area contributed by atoms with Crippen LogP contribution in [-0.4, -0.2) is 31.4 Å². The molecule has 0 radical (unpaired) electrons. The van der Waals surface area contributed by atoms with Crippen LogP contribution in [0.4, 0.5) is 5.69 Å². The van der Waals surface area contributed by atoms with Crippen LogP contribution in [0, 0.1) is 0 Å². The highest BCUT2D eigenvalue weighted by Crippen LogP contribution is 2.22. The first-order chi connectivity index (χ1) is 13.8. The number of rotatable bonds is 6. The van der Waals surface area contributed by atoms with Gasteiger partial charge in [-0.2, -0.15) is 0 Å². The van der Waals surface area contributed by atoms with Crippen LogP contribution in [0.1, 0.15) is 43.9 Å². The van der Waals surface area contributed by atoms with Crippen LogP contribution in [0.5, 0.6) is 0 Å². The van der Waals surface area contributed by atoms with Crippen molar-refractivity contribution < 1.29 is 9.59 Å². The summed E-state index contributed by atoms with van der Waals surface area (Å²) in [7, 11) is 0. The number of piperazine rings is 1. The molecule has 5 nitrogen and oxygen atoms in total. The fraction of sp³-hybridized carbons (Fsp3) is 0.417. The van der Waals surface area contributed by atoms with Crippen molar-refractivity contribution in [1.82, 2.24) is 10.6 Å². The number of nitrogens with zero attached hydrogens (tertiary/aromatic N) is 1. The molecule has 0 aliphatic carbocycles.